The minimum Gasteiger partial charge on any atom is -0.493 e. The topological polar surface area (TPSA) is 52.6 Å². The summed E-state index contributed by atoms with van der Waals surface area (Å²) < 4.78 is 9.80. The van der Waals surface area contributed by atoms with E-state index in [1.165, 1.54) is 26.2 Å². The highest BCUT2D eigenvalue weighted by molar-refractivity contribution is 6.32. The van der Waals surface area contributed by atoms with Crippen molar-refractivity contribution in [1.82, 2.24) is 0 Å². The lowest BCUT2D eigenvalue weighted by Gasteiger charge is -2.09. The summed E-state index contributed by atoms with van der Waals surface area (Å²) in [4.78, 5) is 21.3. The maximum Gasteiger partial charge on any atom is 0.308 e. The van der Waals surface area contributed by atoms with Gasteiger partial charge in [0, 0.05) is 12.5 Å². The second kappa shape index (κ2) is 4.79. The Kier molecular flexibility index (Phi) is 3.68. The average molecular weight is 229 g/mol. The van der Waals surface area contributed by atoms with Crippen LogP contribution in [-0.4, -0.2) is 19.4 Å². The molecule has 1 rings (SSSR count). The fourth-order valence-electron chi connectivity index (χ4n) is 1.05. The monoisotopic (exact) mass is 228 g/mol. The van der Waals surface area contributed by atoms with E-state index in [0.29, 0.717) is 11.8 Å². The number of benzene rings is 1. The highest BCUT2D eigenvalue weighted by Crippen LogP contribution is 2.36. The lowest BCUT2D eigenvalue weighted by Crippen LogP contribution is -2.04. The van der Waals surface area contributed by atoms with Gasteiger partial charge in [-0.05, 0) is 12.1 Å². The first-order valence-corrected chi connectivity index (χ1v) is 4.47. The van der Waals surface area contributed by atoms with E-state index < -0.39 is 5.97 Å². The minimum absolute atomic E-state index is 0.122. The van der Waals surface area contributed by atoms with Gasteiger partial charge in [-0.1, -0.05) is 11.6 Å². The van der Waals surface area contributed by atoms with Crippen LogP contribution in [0.1, 0.15) is 17.3 Å². The molecule has 0 heterocycles. The predicted octanol–water partition coefficient (Wildman–Crippen LogP) is 2.09. The third kappa shape index (κ3) is 2.70. The number of halogens is 1. The van der Waals surface area contributed by atoms with Crippen molar-refractivity contribution >= 4 is 23.9 Å². The maximum absolute atomic E-state index is 10.8. The molecular weight excluding hydrogens is 220 g/mol. The zero-order valence-electron chi connectivity index (χ0n) is 8.24. The Hall–Kier alpha value is -1.55. The molecule has 1 aromatic carbocycles. The van der Waals surface area contributed by atoms with Gasteiger partial charge in [-0.2, -0.15) is 0 Å². The molecule has 80 valence electrons. The molecule has 0 unspecified atom stereocenters. The molecular formula is C10H9ClO4. The Morgan fingerprint density at radius 3 is 2.60 bits per heavy atom. The summed E-state index contributed by atoms with van der Waals surface area (Å²) in [6, 6.07) is 2.84. The van der Waals surface area contributed by atoms with E-state index in [1.54, 1.807) is 0 Å². The maximum atomic E-state index is 10.8. The fraction of sp³-hybridized carbons (Fsp3) is 0.200. The molecule has 0 amide bonds. The molecule has 0 saturated heterocycles. The Morgan fingerprint density at radius 1 is 1.47 bits per heavy atom. The molecule has 0 aromatic heterocycles. The fourth-order valence-corrected chi connectivity index (χ4v) is 1.31. The summed E-state index contributed by atoms with van der Waals surface area (Å²) in [6.07, 6.45) is 0.631. The number of esters is 1. The van der Waals surface area contributed by atoms with E-state index in [4.69, 9.17) is 21.1 Å². The van der Waals surface area contributed by atoms with Gasteiger partial charge in [0.2, 0.25) is 0 Å². The van der Waals surface area contributed by atoms with Crippen molar-refractivity contribution in [2.45, 2.75) is 6.92 Å². The summed E-state index contributed by atoms with van der Waals surface area (Å²) in [7, 11) is 1.40. The van der Waals surface area contributed by atoms with Gasteiger partial charge in [-0.3, -0.25) is 9.59 Å². The second-order valence-corrected chi connectivity index (χ2v) is 3.15. The van der Waals surface area contributed by atoms with Crippen molar-refractivity contribution in [2.24, 2.45) is 0 Å². The highest BCUT2D eigenvalue weighted by atomic mass is 35.5. The first-order valence-electron chi connectivity index (χ1n) is 4.09. The Bertz CT molecular complexity index is 401. The quantitative estimate of drug-likeness (QED) is 0.452. The molecule has 5 heteroatoms. The van der Waals surface area contributed by atoms with E-state index in [1.807, 2.05) is 0 Å². The van der Waals surface area contributed by atoms with Crippen molar-refractivity contribution in [2.75, 3.05) is 7.11 Å². The van der Waals surface area contributed by atoms with Crippen molar-refractivity contribution in [3.63, 3.8) is 0 Å². The number of hydrogen-bond donors (Lipinski definition) is 0. The second-order valence-electron chi connectivity index (χ2n) is 2.75. The smallest absolute Gasteiger partial charge is 0.308 e. The first kappa shape index (κ1) is 11.5. The van der Waals surface area contributed by atoms with Gasteiger partial charge in [0.05, 0.1) is 12.1 Å². The van der Waals surface area contributed by atoms with Crippen molar-refractivity contribution < 1.29 is 19.1 Å². The first-order chi connectivity index (χ1) is 7.08. The van der Waals surface area contributed by atoms with E-state index in [2.05, 4.69) is 0 Å². The zero-order chi connectivity index (χ0) is 11.4. The van der Waals surface area contributed by atoms with Crippen LogP contribution in [0.5, 0.6) is 11.5 Å². The number of ether oxygens (including phenoxy) is 2. The molecule has 0 atom stereocenters. The summed E-state index contributed by atoms with van der Waals surface area (Å²) in [5.74, 6) is -0.133. The number of rotatable bonds is 3. The van der Waals surface area contributed by atoms with Crippen LogP contribution in [0.2, 0.25) is 5.02 Å². The Balaban J connectivity index is 3.23. The molecule has 15 heavy (non-hydrogen) atoms. The molecule has 0 spiro atoms. The molecule has 0 saturated carbocycles. The van der Waals surface area contributed by atoms with Crippen LogP contribution in [0.15, 0.2) is 12.1 Å². The molecule has 0 aliphatic rings. The van der Waals surface area contributed by atoms with Crippen molar-refractivity contribution in [3.8, 4) is 11.5 Å². The number of methoxy groups -OCH3 is 1. The molecule has 0 aliphatic carbocycles. The summed E-state index contributed by atoms with van der Waals surface area (Å²) in [6.45, 7) is 1.25. The minimum atomic E-state index is -0.506. The average Bonchev–Trinajstić information content (AvgIpc) is 2.20. The summed E-state index contributed by atoms with van der Waals surface area (Å²) >= 11 is 5.82. The highest BCUT2D eigenvalue weighted by Gasteiger charge is 2.13. The van der Waals surface area contributed by atoms with E-state index in [9.17, 15) is 9.59 Å². The van der Waals surface area contributed by atoms with Crippen LogP contribution in [0.25, 0.3) is 0 Å². The van der Waals surface area contributed by atoms with Crippen LogP contribution < -0.4 is 9.47 Å². The van der Waals surface area contributed by atoms with Crippen molar-refractivity contribution in [1.29, 1.82) is 0 Å². The van der Waals surface area contributed by atoms with Crippen LogP contribution in [0.4, 0.5) is 0 Å². The van der Waals surface area contributed by atoms with Gasteiger partial charge in [0.1, 0.15) is 6.29 Å². The standard InChI is InChI=1S/C10H9ClO4/c1-6(13)15-10-8(11)3-7(5-12)4-9(10)14-2/h3-5H,1-2H3. The van der Waals surface area contributed by atoms with Crippen LogP contribution >= 0.6 is 11.6 Å². The lowest BCUT2D eigenvalue weighted by molar-refractivity contribution is -0.132. The van der Waals surface area contributed by atoms with Gasteiger partial charge in [0.15, 0.2) is 11.5 Å². The van der Waals surface area contributed by atoms with Gasteiger partial charge in [-0.25, -0.2) is 0 Å². The van der Waals surface area contributed by atoms with Gasteiger partial charge < -0.3 is 9.47 Å². The normalized spacial score (nSPS) is 9.53. The molecule has 4 nitrogen and oxygen atoms in total. The van der Waals surface area contributed by atoms with E-state index >= 15 is 0 Å². The predicted molar refractivity (Wildman–Crippen MR) is 54.7 cm³/mol. The summed E-state index contributed by atoms with van der Waals surface area (Å²) in [5, 5.41) is 0.159. The Morgan fingerprint density at radius 2 is 2.13 bits per heavy atom. The van der Waals surface area contributed by atoms with Crippen molar-refractivity contribution in [3.05, 3.63) is 22.7 Å². The molecule has 0 N–H and O–H groups in total. The van der Waals surface area contributed by atoms with Crippen LogP contribution in [0, 0.1) is 0 Å². The van der Waals surface area contributed by atoms with Crippen LogP contribution in [0.3, 0.4) is 0 Å². The van der Waals surface area contributed by atoms with Gasteiger partial charge in [-0.15, -0.1) is 0 Å². The number of hydrogen-bond acceptors (Lipinski definition) is 4. The molecule has 0 radical (unpaired) electrons. The third-order valence-corrected chi connectivity index (χ3v) is 1.91. The number of aldehydes is 1. The molecule has 0 aliphatic heterocycles. The zero-order valence-corrected chi connectivity index (χ0v) is 9.00. The van der Waals surface area contributed by atoms with Gasteiger partial charge >= 0.3 is 5.97 Å². The Labute approximate surface area is 91.7 Å². The number of carbonyl (C=O) groups is 2. The number of carbonyl (C=O) groups excluding carboxylic acids is 2. The van der Waals surface area contributed by atoms with Crippen LogP contribution in [-0.2, 0) is 4.79 Å². The third-order valence-electron chi connectivity index (χ3n) is 1.63. The lowest BCUT2D eigenvalue weighted by atomic mass is 10.2. The SMILES string of the molecule is COc1cc(C=O)cc(Cl)c1OC(C)=O. The molecule has 0 fully saturated rings. The molecule has 1 aromatic rings. The molecule has 0 bridgehead atoms. The van der Waals surface area contributed by atoms with E-state index in [0.717, 1.165) is 0 Å². The largest absolute Gasteiger partial charge is 0.493 e. The van der Waals surface area contributed by atoms with Gasteiger partial charge in [0.25, 0.3) is 0 Å². The van der Waals surface area contributed by atoms with E-state index in [-0.39, 0.29) is 16.5 Å². The summed E-state index contributed by atoms with van der Waals surface area (Å²) in [5.41, 5.74) is 0.354.